The zero-order chi connectivity index (χ0) is 4.99. The molecule has 0 amide bonds. The third-order valence-corrected chi connectivity index (χ3v) is 4.97. The monoisotopic (exact) mass is 369 g/mol. The van der Waals surface area contributed by atoms with Crippen molar-refractivity contribution >= 4 is 60.8 Å². The van der Waals surface area contributed by atoms with Gasteiger partial charge in [-0.05, 0) is 0 Å². The van der Waals surface area contributed by atoms with Crippen LogP contribution in [0.15, 0.2) is 0 Å². The third-order valence-electron chi connectivity index (χ3n) is 0.143. The van der Waals surface area contributed by atoms with Crippen molar-refractivity contribution in [1.82, 2.24) is 0 Å². The molecule has 0 saturated carbocycles. The van der Waals surface area contributed by atoms with E-state index in [1.165, 1.54) is 0 Å². The van der Waals surface area contributed by atoms with Gasteiger partial charge in [-0.2, -0.15) is 0 Å². The van der Waals surface area contributed by atoms with E-state index in [4.69, 9.17) is 4.19 Å². The Balaban J connectivity index is 2.75. The molecule has 3 nitrogen and oxygen atoms in total. The quantitative estimate of drug-likeness (QED) is 0.585. The molecule has 0 rings (SSSR count). The molecule has 0 atom stereocenters. The third kappa shape index (κ3) is 4.16. The molecule has 0 aromatic carbocycles. The van der Waals surface area contributed by atoms with Crippen LogP contribution in [0.2, 0.25) is 0 Å². The van der Waals surface area contributed by atoms with E-state index >= 15 is 0 Å². The maximum atomic E-state index is 8.39. The van der Waals surface area contributed by atoms with Crippen LogP contribution in [0.5, 0.6) is 0 Å². The van der Waals surface area contributed by atoms with E-state index in [1.54, 1.807) is 0 Å². The summed E-state index contributed by atoms with van der Waals surface area (Å²) in [7, 11) is 0. The second kappa shape index (κ2) is 5.14. The van der Waals surface area contributed by atoms with E-state index < -0.39 is 14.9 Å². The summed E-state index contributed by atoms with van der Waals surface area (Å²) in [5.41, 5.74) is 0. The van der Waals surface area contributed by atoms with E-state index in [0.29, 0.717) is 0 Å². The topological polar surface area (TPSA) is 38.7 Å². The average molecular weight is 365 g/mol. The molecule has 0 unspecified atom stereocenters. The van der Waals surface area contributed by atoms with Crippen LogP contribution in [-0.2, 0) is 4.31 Å². The van der Waals surface area contributed by atoms with Crippen molar-refractivity contribution in [3.05, 3.63) is 0 Å². The van der Waals surface area contributed by atoms with E-state index in [2.05, 4.69) is 4.31 Å². The van der Waals surface area contributed by atoms with Crippen LogP contribution in [0.25, 0.3) is 0 Å². The van der Waals surface area contributed by atoms with Crippen molar-refractivity contribution < 1.29 is 8.50 Å². The van der Waals surface area contributed by atoms with Crippen LogP contribution in [0.1, 0.15) is 0 Å². The summed E-state index contributed by atoms with van der Waals surface area (Å²) in [5.74, 6) is 0. The van der Waals surface area contributed by atoms with Gasteiger partial charge in [0.1, 0.15) is 0 Å². The second-order valence-corrected chi connectivity index (χ2v) is 6.94. The molecule has 0 heterocycles. The van der Waals surface area contributed by atoms with E-state index in [-0.39, 0.29) is 0 Å². The first-order chi connectivity index (χ1) is 2.81. The van der Waals surface area contributed by atoms with Crippen LogP contribution < -0.4 is 0 Å². The van der Waals surface area contributed by atoms with Gasteiger partial charge in [0.2, 0.25) is 0 Å². The van der Waals surface area contributed by atoms with Gasteiger partial charge in [0.15, 0.2) is 0 Å². The molecule has 0 bridgehead atoms. The Morgan fingerprint density at radius 2 is 1.67 bits per heavy atom. The van der Waals surface area contributed by atoms with E-state index in [9.17, 15) is 0 Å². The molecular weight excluding hydrogens is 364 g/mol. The summed E-state index contributed by atoms with van der Waals surface area (Å²) in [6.45, 7) is 0. The predicted octanol–water partition coefficient (Wildman–Crippen LogP) is -1.84. The minimum absolute atomic E-state index is 0.876. The molecule has 31 valence electrons. The minimum atomic E-state index is -1.97. The number of rotatable bonds is 2. The van der Waals surface area contributed by atoms with Gasteiger partial charge in [0, 0.05) is 0 Å². The van der Waals surface area contributed by atoms with Gasteiger partial charge in [-0.1, -0.05) is 0 Å². The molecule has 6 heavy (non-hydrogen) atoms. The first kappa shape index (κ1) is 8.00. The summed E-state index contributed by atoms with van der Waals surface area (Å²) in [4.78, 5) is 0. The molecule has 0 saturated heterocycles. The standard InChI is InChI=1S/HO3Se.2Sn/c1-4(2)3;;/h1H;;/q-2;2*+2. The molecule has 0 fully saturated rings. The van der Waals surface area contributed by atoms with Crippen molar-refractivity contribution in [2.24, 2.45) is 0 Å². The van der Waals surface area contributed by atoms with E-state index in [1.807, 2.05) is 0 Å². The first-order valence-electron chi connectivity index (χ1n) is 0.924. The van der Waals surface area contributed by atoms with Crippen molar-refractivity contribution in [2.45, 2.75) is 0 Å². The van der Waals surface area contributed by atoms with Crippen molar-refractivity contribution in [1.29, 1.82) is 0 Å². The van der Waals surface area contributed by atoms with Gasteiger partial charge in [0.05, 0.1) is 0 Å². The van der Waals surface area contributed by atoms with Gasteiger partial charge >= 0.3 is 69.3 Å². The molecular formula is HO3SeSn2+2. The average Bonchev–Trinajstić information content (AvgIpc) is 1.65. The molecule has 0 aromatic heterocycles. The molecule has 0 aliphatic carbocycles. The Bertz CT molecular complexity index is 28.0. The van der Waals surface area contributed by atoms with Gasteiger partial charge in [-0.15, -0.1) is 0 Å². The summed E-state index contributed by atoms with van der Waals surface area (Å²) >= 11 is -0.219. The molecule has 0 aliphatic rings. The Morgan fingerprint density at radius 3 is 1.67 bits per heavy atom. The summed E-state index contributed by atoms with van der Waals surface area (Å²) < 4.78 is 17.3. The molecule has 0 spiro atoms. The zero-order valence-electron chi connectivity index (χ0n) is 2.67. The summed E-state index contributed by atoms with van der Waals surface area (Å²) in [6, 6.07) is 0. The van der Waals surface area contributed by atoms with E-state index in [0.717, 1.165) is 45.9 Å². The summed E-state index contributed by atoms with van der Waals surface area (Å²) in [5, 5.41) is 0. The predicted molar refractivity (Wildman–Crippen MR) is 21.7 cm³/mol. The van der Waals surface area contributed by atoms with Crippen LogP contribution in [-0.4, -0.2) is 65.0 Å². The van der Waals surface area contributed by atoms with Gasteiger partial charge in [0.25, 0.3) is 0 Å². The van der Waals surface area contributed by atoms with Gasteiger partial charge < -0.3 is 0 Å². The molecule has 0 aliphatic heterocycles. The van der Waals surface area contributed by atoms with Crippen molar-refractivity contribution in [2.75, 3.05) is 0 Å². The Morgan fingerprint density at radius 1 is 1.33 bits per heavy atom. The van der Waals surface area contributed by atoms with Crippen LogP contribution in [0.3, 0.4) is 0 Å². The number of hydrogen-bond acceptors (Lipinski definition) is 3. The number of hydrogen-bond donors (Lipinski definition) is 1. The second-order valence-electron chi connectivity index (χ2n) is 0.384. The Kier molecular flexibility index (Phi) is 6.85. The molecule has 6 heteroatoms. The zero-order valence-corrected chi connectivity index (χ0v) is 10.1. The fraction of sp³-hybridized carbons (Fsp3) is 0. The fourth-order valence-electron chi connectivity index (χ4n) is 0.0170. The van der Waals surface area contributed by atoms with Crippen LogP contribution >= 0.6 is 0 Å². The normalized spacial score (nSPS) is 9.67. The summed E-state index contributed by atoms with van der Waals surface area (Å²) in [6.07, 6.45) is 0. The Hall–Kier alpha value is 2.00. The SMILES string of the molecule is O[Se]([O][Sn+])[O][Sn+]. The molecule has 0 aromatic rings. The van der Waals surface area contributed by atoms with Gasteiger partial charge in [-0.25, -0.2) is 0 Å². The van der Waals surface area contributed by atoms with Gasteiger partial charge in [-0.3, -0.25) is 0 Å². The van der Waals surface area contributed by atoms with Crippen molar-refractivity contribution in [3.63, 3.8) is 0 Å². The van der Waals surface area contributed by atoms with Crippen LogP contribution in [0, 0.1) is 0 Å². The Labute approximate surface area is 68.5 Å². The first-order valence-corrected chi connectivity index (χ1v) is 5.42. The van der Waals surface area contributed by atoms with Crippen molar-refractivity contribution in [3.8, 4) is 0 Å². The van der Waals surface area contributed by atoms with Crippen LogP contribution in [0.4, 0.5) is 0 Å². The molecule has 1 N–H and O–H groups in total. The maximum absolute atomic E-state index is 8.39. The fourth-order valence-corrected chi connectivity index (χ4v) is 3.98. The molecule has 5 radical (unpaired) electrons.